The molecule has 1 fully saturated rings. The Hall–Kier alpha value is -3.08. The molecule has 1 saturated heterocycles. The topological polar surface area (TPSA) is 56.4 Å². The molecular weight excluding hydrogens is 350 g/mol. The van der Waals surface area contributed by atoms with Crippen LogP contribution in [0.3, 0.4) is 0 Å². The number of nitrogens with one attached hydrogen (secondary N) is 1. The number of carbonyl (C=O) groups is 2. The van der Waals surface area contributed by atoms with Gasteiger partial charge in [0.2, 0.25) is 5.91 Å². The van der Waals surface area contributed by atoms with Gasteiger partial charge in [0.25, 0.3) is 5.91 Å². The maximum Gasteiger partial charge on any atom is 0.254 e. The normalized spacial score (nSPS) is 21.8. The van der Waals surface area contributed by atoms with Gasteiger partial charge in [0.15, 0.2) is 5.54 Å². The van der Waals surface area contributed by atoms with Crippen LogP contribution in [0, 0.1) is 0 Å². The van der Waals surface area contributed by atoms with E-state index in [4.69, 9.17) is 0 Å². The van der Waals surface area contributed by atoms with E-state index in [1.807, 2.05) is 43.3 Å². The largest absolute Gasteiger partial charge is 0.356 e. The molecule has 28 heavy (non-hydrogen) atoms. The quantitative estimate of drug-likeness (QED) is 0.768. The minimum Gasteiger partial charge on any atom is -0.356 e. The highest BCUT2D eigenvalue weighted by molar-refractivity contribution is 6.00. The van der Waals surface area contributed by atoms with Gasteiger partial charge < -0.3 is 14.8 Å². The number of aromatic nitrogens is 1. The number of benzene rings is 2. The third kappa shape index (κ3) is 2.39. The molecule has 142 valence electrons. The Kier molecular flexibility index (Phi) is 3.79. The molecule has 0 unspecified atom stereocenters. The second-order valence-electron chi connectivity index (χ2n) is 7.85. The number of fused-ring (bicyclic) bond motifs is 5. The molecule has 2 aliphatic rings. The zero-order valence-electron chi connectivity index (χ0n) is 15.9. The van der Waals surface area contributed by atoms with E-state index in [2.05, 4.69) is 23.2 Å². The molecule has 0 radical (unpaired) electrons. The van der Waals surface area contributed by atoms with Gasteiger partial charge in [-0.15, -0.1) is 0 Å². The van der Waals surface area contributed by atoms with E-state index in [9.17, 15) is 9.59 Å². The second kappa shape index (κ2) is 6.23. The summed E-state index contributed by atoms with van der Waals surface area (Å²) in [6, 6.07) is 18.2. The van der Waals surface area contributed by atoms with E-state index in [0.29, 0.717) is 13.1 Å². The van der Waals surface area contributed by atoms with E-state index < -0.39 is 5.54 Å². The third-order valence-electron chi connectivity index (χ3n) is 6.27. The lowest BCUT2D eigenvalue weighted by molar-refractivity contribution is -0.165. The Balaban J connectivity index is 1.52. The number of H-pyrrole nitrogens is 1. The fraction of sp³-hybridized carbons (Fsp3) is 0.304. The van der Waals surface area contributed by atoms with Crippen LogP contribution in [0.4, 0.5) is 0 Å². The fourth-order valence-electron chi connectivity index (χ4n) is 4.77. The molecule has 3 heterocycles. The number of piperazine rings is 1. The average Bonchev–Trinajstić information content (AvgIpc) is 3.11. The van der Waals surface area contributed by atoms with Crippen molar-refractivity contribution in [2.75, 3.05) is 19.6 Å². The summed E-state index contributed by atoms with van der Waals surface area (Å²) in [5.41, 5.74) is 3.28. The van der Waals surface area contributed by atoms with E-state index >= 15 is 0 Å². The zero-order chi connectivity index (χ0) is 19.3. The smallest absolute Gasteiger partial charge is 0.254 e. The SMILES string of the molecule is C[C@@]12C(=O)N(CCc3ccccc3)CC(=O)N1CCc1c2[nH]c2ccccc12. The minimum absolute atomic E-state index is 0.00976. The lowest BCUT2D eigenvalue weighted by Gasteiger charge is -2.49. The highest BCUT2D eigenvalue weighted by Gasteiger charge is 2.53. The van der Waals surface area contributed by atoms with E-state index in [-0.39, 0.29) is 18.4 Å². The standard InChI is InChI=1S/C23H23N3O2/c1-23-21-18(17-9-5-6-10-19(17)24-21)12-14-26(23)20(27)15-25(22(23)28)13-11-16-7-3-2-4-8-16/h2-10,24H,11-15H2,1H3/t23-/m1/s1. The highest BCUT2D eigenvalue weighted by atomic mass is 16.2. The van der Waals surface area contributed by atoms with Gasteiger partial charge in [0, 0.05) is 24.0 Å². The molecular formula is C23H23N3O2. The third-order valence-corrected chi connectivity index (χ3v) is 6.27. The van der Waals surface area contributed by atoms with Crippen LogP contribution in [0.15, 0.2) is 54.6 Å². The molecule has 0 spiro atoms. The number of rotatable bonds is 3. The van der Waals surface area contributed by atoms with Crippen molar-refractivity contribution in [1.82, 2.24) is 14.8 Å². The Morgan fingerprint density at radius 3 is 2.61 bits per heavy atom. The lowest BCUT2D eigenvalue weighted by atomic mass is 9.83. The van der Waals surface area contributed by atoms with Gasteiger partial charge in [-0.25, -0.2) is 0 Å². The predicted octanol–water partition coefficient (Wildman–Crippen LogP) is 2.85. The predicted molar refractivity (Wildman–Crippen MR) is 108 cm³/mol. The Bertz CT molecular complexity index is 1070. The summed E-state index contributed by atoms with van der Waals surface area (Å²) < 4.78 is 0. The number of hydrogen-bond acceptors (Lipinski definition) is 2. The van der Waals surface area contributed by atoms with E-state index in [1.165, 1.54) is 11.1 Å². The van der Waals surface area contributed by atoms with Crippen LogP contribution in [0.1, 0.15) is 23.7 Å². The molecule has 5 rings (SSSR count). The number of nitrogens with zero attached hydrogens (tertiary/aromatic N) is 2. The van der Waals surface area contributed by atoms with Crippen molar-refractivity contribution in [1.29, 1.82) is 0 Å². The molecule has 3 aromatic rings. The van der Waals surface area contributed by atoms with Crippen molar-refractivity contribution in [2.24, 2.45) is 0 Å². The first-order chi connectivity index (χ1) is 13.6. The molecule has 1 aromatic heterocycles. The van der Waals surface area contributed by atoms with E-state index in [1.54, 1.807) is 9.80 Å². The minimum atomic E-state index is -0.960. The monoisotopic (exact) mass is 373 g/mol. The number of aromatic amines is 1. The van der Waals surface area contributed by atoms with Gasteiger partial charge in [0.05, 0.1) is 12.2 Å². The Morgan fingerprint density at radius 2 is 1.79 bits per heavy atom. The van der Waals surface area contributed by atoms with Gasteiger partial charge in [-0.05, 0) is 37.0 Å². The van der Waals surface area contributed by atoms with Crippen molar-refractivity contribution in [3.05, 3.63) is 71.4 Å². The van der Waals surface area contributed by atoms with Crippen molar-refractivity contribution < 1.29 is 9.59 Å². The second-order valence-corrected chi connectivity index (χ2v) is 7.85. The number of para-hydroxylation sites is 1. The summed E-state index contributed by atoms with van der Waals surface area (Å²) in [7, 11) is 0. The van der Waals surface area contributed by atoms with Crippen molar-refractivity contribution in [3.63, 3.8) is 0 Å². The molecule has 1 atom stereocenters. The number of hydrogen-bond donors (Lipinski definition) is 1. The van der Waals surface area contributed by atoms with Crippen LogP contribution in [0.2, 0.25) is 0 Å². The molecule has 0 saturated carbocycles. The molecule has 2 amide bonds. The maximum atomic E-state index is 13.6. The molecule has 2 aliphatic heterocycles. The van der Waals surface area contributed by atoms with Crippen molar-refractivity contribution in [3.8, 4) is 0 Å². The lowest BCUT2D eigenvalue weighted by Crippen LogP contribution is -2.67. The molecule has 2 aromatic carbocycles. The Labute approximate surface area is 163 Å². The molecule has 5 nitrogen and oxygen atoms in total. The average molecular weight is 373 g/mol. The summed E-state index contributed by atoms with van der Waals surface area (Å²) in [5, 5.41) is 1.15. The van der Waals surface area contributed by atoms with Gasteiger partial charge in [0.1, 0.15) is 0 Å². The Morgan fingerprint density at radius 1 is 1.04 bits per heavy atom. The summed E-state index contributed by atoms with van der Waals surface area (Å²) >= 11 is 0. The molecule has 1 N–H and O–H groups in total. The maximum absolute atomic E-state index is 13.6. The van der Waals surface area contributed by atoms with Gasteiger partial charge >= 0.3 is 0 Å². The first kappa shape index (κ1) is 17.0. The first-order valence-corrected chi connectivity index (χ1v) is 9.83. The van der Waals surface area contributed by atoms with Gasteiger partial charge in [-0.1, -0.05) is 48.5 Å². The fourth-order valence-corrected chi connectivity index (χ4v) is 4.77. The van der Waals surface area contributed by atoms with Gasteiger partial charge in [-0.3, -0.25) is 9.59 Å². The molecule has 5 heteroatoms. The van der Waals surface area contributed by atoms with Gasteiger partial charge in [-0.2, -0.15) is 0 Å². The number of carbonyl (C=O) groups excluding carboxylic acids is 2. The van der Waals surface area contributed by atoms with Crippen LogP contribution in [0.25, 0.3) is 10.9 Å². The first-order valence-electron chi connectivity index (χ1n) is 9.83. The van der Waals surface area contributed by atoms with Crippen LogP contribution in [-0.4, -0.2) is 46.2 Å². The summed E-state index contributed by atoms with van der Waals surface area (Å²) in [5.74, 6) is 0.0370. The van der Waals surface area contributed by atoms with Crippen LogP contribution < -0.4 is 0 Å². The van der Waals surface area contributed by atoms with Crippen LogP contribution in [0.5, 0.6) is 0 Å². The molecule has 0 bridgehead atoms. The number of amides is 2. The zero-order valence-corrected chi connectivity index (χ0v) is 15.9. The highest BCUT2D eigenvalue weighted by Crippen LogP contribution is 2.41. The van der Waals surface area contributed by atoms with Crippen molar-refractivity contribution in [2.45, 2.75) is 25.3 Å². The van der Waals surface area contributed by atoms with E-state index in [0.717, 1.165) is 29.4 Å². The van der Waals surface area contributed by atoms with Crippen LogP contribution >= 0.6 is 0 Å². The van der Waals surface area contributed by atoms with Crippen LogP contribution in [-0.2, 0) is 28.0 Å². The van der Waals surface area contributed by atoms with Crippen molar-refractivity contribution >= 4 is 22.7 Å². The summed E-state index contributed by atoms with van der Waals surface area (Å²) in [6.07, 6.45) is 1.52. The summed E-state index contributed by atoms with van der Waals surface area (Å²) in [6.45, 7) is 3.20. The summed E-state index contributed by atoms with van der Waals surface area (Å²) in [4.78, 5) is 33.5. The molecule has 0 aliphatic carbocycles.